The maximum atomic E-state index is 12.7. The molecule has 1 aliphatic rings. The van der Waals surface area contributed by atoms with Crippen molar-refractivity contribution in [2.24, 2.45) is 10.9 Å². The molecule has 5 nitrogen and oxygen atoms in total. The van der Waals surface area contributed by atoms with Crippen LogP contribution in [0.15, 0.2) is 95.6 Å². The Labute approximate surface area is 234 Å². The zero-order chi connectivity index (χ0) is 28.0. The zero-order valence-corrected chi connectivity index (χ0v) is 24.1. The van der Waals surface area contributed by atoms with E-state index in [1.807, 2.05) is 87.5 Å². The van der Waals surface area contributed by atoms with Crippen molar-refractivity contribution in [1.29, 1.82) is 0 Å². The number of hydrogen-bond acceptors (Lipinski definition) is 4. The molecule has 3 N–H and O–H groups in total. The number of amides is 1. The van der Waals surface area contributed by atoms with Crippen molar-refractivity contribution in [1.82, 2.24) is 5.32 Å². The molecule has 1 aliphatic heterocycles. The normalized spacial score (nSPS) is 15.1. The fourth-order valence-electron chi connectivity index (χ4n) is 4.42. The molecule has 1 amide bonds. The van der Waals surface area contributed by atoms with Crippen LogP contribution in [0.4, 0.5) is 11.4 Å². The number of rotatable bonds is 9. The molecule has 1 heterocycles. The second-order valence-electron chi connectivity index (χ2n) is 10.2. The Morgan fingerprint density at radius 1 is 0.923 bits per heavy atom. The minimum atomic E-state index is -0.300. The van der Waals surface area contributed by atoms with Crippen molar-refractivity contribution in [2.75, 3.05) is 10.6 Å². The molecule has 0 fully saturated rings. The molecule has 0 aromatic heterocycles. The Balaban J connectivity index is 0.000000532. The van der Waals surface area contributed by atoms with Crippen molar-refractivity contribution >= 4 is 23.1 Å². The molecule has 2 atom stereocenters. The molecule has 0 aliphatic carbocycles. The fourth-order valence-corrected chi connectivity index (χ4v) is 4.42. The third kappa shape index (κ3) is 9.43. The summed E-state index contributed by atoms with van der Waals surface area (Å²) in [4.78, 5) is 17.6. The van der Waals surface area contributed by atoms with Crippen LogP contribution in [0.2, 0.25) is 0 Å². The number of nitrogens with zero attached hydrogens (tertiary/aromatic N) is 1. The van der Waals surface area contributed by atoms with Crippen LogP contribution in [0.5, 0.6) is 0 Å². The molecular weight excluding hydrogens is 480 g/mol. The number of carbonyl (C=O) groups excluding carboxylic acids is 1. The van der Waals surface area contributed by atoms with E-state index < -0.39 is 0 Å². The van der Waals surface area contributed by atoms with Gasteiger partial charge in [0.25, 0.3) is 0 Å². The highest BCUT2D eigenvalue weighted by Crippen LogP contribution is 2.29. The number of fused-ring (bicyclic) bond motifs is 1. The van der Waals surface area contributed by atoms with Gasteiger partial charge in [-0.15, -0.1) is 0 Å². The summed E-state index contributed by atoms with van der Waals surface area (Å²) in [6.07, 6.45) is 8.76. The van der Waals surface area contributed by atoms with Gasteiger partial charge in [-0.25, -0.2) is 4.99 Å². The van der Waals surface area contributed by atoms with E-state index in [0.717, 1.165) is 39.6 Å². The number of aliphatic imine (C=N–C) groups is 1. The molecule has 3 aromatic carbocycles. The van der Waals surface area contributed by atoms with Crippen molar-refractivity contribution in [3.05, 3.63) is 107 Å². The number of unbranched alkanes of at least 4 members (excludes halogenated alkanes) is 4. The largest absolute Gasteiger partial charge is 0.359 e. The minimum absolute atomic E-state index is 0.0495. The molecule has 0 saturated carbocycles. The average Bonchev–Trinajstić information content (AvgIpc) is 2.94. The van der Waals surface area contributed by atoms with Gasteiger partial charge in [-0.1, -0.05) is 114 Å². The lowest BCUT2D eigenvalue weighted by Gasteiger charge is -2.26. The summed E-state index contributed by atoms with van der Waals surface area (Å²) in [6, 6.07) is 26.1. The number of anilines is 2. The van der Waals surface area contributed by atoms with Crippen molar-refractivity contribution in [3.8, 4) is 0 Å². The first kappa shape index (κ1) is 29.7. The zero-order valence-electron chi connectivity index (χ0n) is 24.1. The fraction of sp³-hybridized carbons (Fsp3) is 0.353. The quantitative estimate of drug-likeness (QED) is 0.246. The first-order valence-corrected chi connectivity index (χ1v) is 14.2. The number of benzene rings is 3. The van der Waals surface area contributed by atoms with Crippen LogP contribution >= 0.6 is 0 Å². The van der Waals surface area contributed by atoms with E-state index in [0.29, 0.717) is 0 Å². The lowest BCUT2D eigenvalue weighted by Crippen LogP contribution is -2.30. The lowest BCUT2D eigenvalue weighted by molar-refractivity contribution is -0.118. The third-order valence-corrected chi connectivity index (χ3v) is 6.57. The van der Waals surface area contributed by atoms with Crippen LogP contribution in [0.1, 0.15) is 82.7 Å². The molecule has 0 saturated heterocycles. The van der Waals surface area contributed by atoms with Gasteiger partial charge in [0.2, 0.25) is 5.91 Å². The number of hydrogen-bond donors (Lipinski definition) is 3. The van der Waals surface area contributed by atoms with Crippen molar-refractivity contribution < 1.29 is 4.79 Å². The first-order chi connectivity index (χ1) is 18.9. The van der Waals surface area contributed by atoms with Crippen LogP contribution < -0.4 is 16.0 Å². The summed E-state index contributed by atoms with van der Waals surface area (Å²) >= 11 is 0. The monoisotopic (exact) mass is 524 g/mol. The van der Waals surface area contributed by atoms with Crippen LogP contribution in [0, 0.1) is 12.8 Å². The van der Waals surface area contributed by atoms with E-state index in [4.69, 9.17) is 4.99 Å². The van der Waals surface area contributed by atoms with E-state index in [-0.39, 0.29) is 18.0 Å². The topological polar surface area (TPSA) is 65.5 Å². The van der Waals surface area contributed by atoms with E-state index in [1.165, 1.54) is 32.1 Å². The molecule has 0 bridgehead atoms. The van der Waals surface area contributed by atoms with Crippen LogP contribution in [0.25, 0.3) is 0 Å². The maximum Gasteiger partial charge on any atom is 0.231 e. The predicted molar refractivity (Wildman–Crippen MR) is 166 cm³/mol. The van der Waals surface area contributed by atoms with Gasteiger partial charge in [-0.3, -0.25) is 4.79 Å². The van der Waals surface area contributed by atoms with Gasteiger partial charge >= 0.3 is 0 Å². The number of allylic oxidation sites excluding steroid dienone is 1. The van der Waals surface area contributed by atoms with Gasteiger partial charge in [-0.05, 0) is 49.2 Å². The van der Waals surface area contributed by atoms with Crippen molar-refractivity contribution in [2.45, 2.75) is 72.9 Å². The molecule has 0 radical (unpaired) electrons. The number of aryl methyl sites for hydroxylation is 1. The van der Waals surface area contributed by atoms with Gasteiger partial charge in [0.05, 0.1) is 5.92 Å². The van der Waals surface area contributed by atoms with E-state index >= 15 is 0 Å². The van der Waals surface area contributed by atoms with Crippen molar-refractivity contribution in [3.63, 3.8) is 0 Å². The molecule has 4 rings (SSSR count). The Bertz CT molecular complexity index is 1240. The van der Waals surface area contributed by atoms with Crippen LogP contribution in [-0.2, 0) is 4.79 Å². The first-order valence-electron chi connectivity index (χ1n) is 14.2. The van der Waals surface area contributed by atoms with E-state index in [1.54, 1.807) is 0 Å². The highest BCUT2D eigenvalue weighted by molar-refractivity contribution is 6.05. The number of carbonyl (C=O) groups is 1. The molecule has 2 unspecified atom stereocenters. The predicted octanol–water partition coefficient (Wildman–Crippen LogP) is 8.61. The van der Waals surface area contributed by atoms with Gasteiger partial charge in [-0.2, -0.15) is 0 Å². The second-order valence-corrected chi connectivity index (χ2v) is 10.2. The summed E-state index contributed by atoms with van der Waals surface area (Å²) in [6.45, 7) is 10.3. The van der Waals surface area contributed by atoms with E-state index in [2.05, 4.69) is 48.0 Å². The maximum absolute atomic E-state index is 12.7. The highest BCUT2D eigenvalue weighted by Gasteiger charge is 2.21. The summed E-state index contributed by atoms with van der Waals surface area (Å²) in [5.41, 5.74) is 5.91. The van der Waals surface area contributed by atoms with Gasteiger partial charge < -0.3 is 16.0 Å². The lowest BCUT2D eigenvalue weighted by atomic mass is 10.1. The van der Waals surface area contributed by atoms with Gasteiger partial charge in [0.15, 0.2) is 0 Å². The number of amidine groups is 1. The second kappa shape index (κ2) is 15.5. The Morgan fingerprint density at radius 3 is 2.31 bits per heavy atom. The number of para-hydroxylation sites is 1. The SMILES string of the molecule is C/C(=C\C(C)C(=O)Nc1cccc(C)c1)NC1=NC(c2ccccc2)Nc2ccccc21.CCCCCCC. The Hall–Kier alpha value is -3.86. The van der Waals surface area contributed by atoms with Gasteiger partial charge in [0, 0.05) is 22.6 Å². The third-order valence-electron chi connectivity index (χ3n) is 6.57. The average molecular weight is 525 g/mol. The number of nitrogens with one attached hydrogen (secondary N) is 3. The Kier molecular flexibility index (Phi) is 11.8. The summed E-state index contributed by atoms with van der Waals surface area (Å²) in [5, 5.41) is 9.91. The van der Waals surface area contributed by atoms with Crippen LogP contribution in [0.3, 0.4) is 0 Å². The molecule has 3 aromatic rings. The molecule has 39 heavy (non-hydrogen) atoms. The molecule has 5 heteroatoms. The summed E-state index contributed by atoms with van der Waals surface area (Å²) in [7, 11) is 0. The smallest absolute Gasteiger partial charge is 0.231 e. The summed E-state index contributed by atoms with van der Waals surface area (Å²) < 4.78 is 0. The molecule has 0 spiro atoms. The molecular formula is C34H44N4O. The molecule has 206 valence electrons. The minimum Gasteiger partial charge on any atom is -0.359 e. The summed E-state index contributed by atoms with van der Waals surface area (Å²) in [5.74, 6) is 0.435. The Morgan fingerprint density at radius 2 is 1.62 bits per heavy atom. The van der Waals surface area contributed by atoms with E-state index in [9.17, 15) is 4.79 Å². The van der Waals surface area contributed by atoms with Crippen LogP contribution in [-0.4, -0.2) is 11.7 Å². The van der Waals surface area contributed by atoms with Gasteiger partial charge in [0.1, 0.15) is 12.0 Å². The standard InChI is InChI=1S/C27H28N4O.C7H16/c1-18-10-9-13-22(16-18)29-27(32)19(2)17-20(3)28-26-23-14-7-8-15-24(23)30-25(31-26)21-11-5-4-6-12-21;1-3-5-7-6-4-2/h4-17,19,25,30H,1-3H3,(H,28,31)(H,29,32);3-7H2,1-2H3/b20-17+;. The highest BCUT2D eigenvalue weighted by atomic mass is 16.1.